The molecule has 0 fully saturated rings. The van der Waals surface area contributed by atoms with Gasteiger partial charge in [0.05, 0.1) is 0 Å². The van der Waals surface area contributed by atoms with Gasteiger partial charge in [0.1, 0.15) is 6.73 Å². The predicted octanol–water partition coefficient (Wildman–Crippen LogP) is 3.12. The molecule has 104 valence electrons. The van der Waals surface area contributed by atoms with Crippen molar-refractivity contribution >= 4 is 21.9 Å². The van der Waals surface area contributed by atoms with E-state index < -0.39 is 0 Å². The van der Waals surface area contributed by atoms with Crippen LogP contribution >= 0.6 is 15.9 Å². The molecule has 0 aliphatic heterocycles. The number of rotatable bonds is 5. The zero-order valence-electron chi connectivity index (χ0n) is 11.1. The first-order chi connectivity index (χ1) is 9.65. The zero-order chi connectivity index (χ0) is 14.4. The highest BCUT2D eigenvalue weighted by Crippen LogP contribution is 2.22. The fourth-order valence-corrected chi connectivity index (χ4v) is 2.10. The van der Waals surface area contributed by atoms with Gasteiger partial charge < -0.3 is 4.74 Å². The van der Waals surface area contributed by atoms with Crippen molar-refractivity contribution in [3.8, 4) is 11.1 Å². The van der Waals surface area contributed by atoms with Gasteiger partial charge in [-0.25, -0.2) is 0 Å². The maximum atomic E-state index is 10.6. The van der Waals surface area contributed by atoms with E-state index in [9.17, 15) is 4.79 Å². The van der Waals surface area contributed by atoms with E-state index in [0.717, 1.165) is 21.2 Å². The molecular formula is C15H15BrN2O2. The third-order valence-electron chi connectivity index (χ3n) is 2.70. The molecule has 0 atom stereocenters. The number of ether oxygens (including phenoxy) is 1. The summed E-state index contributed by atoms with van der Waals surface area (Å²) in [5.74, 6) is -0.282. The second-order valence-electron chi connectivity index (χ2n) is 4.30. The van der Waals surface area contributed by atoms with E-state index in [1.165, 1.54) is 6.92 Å². The SMILES string of the molecule is CC(=O)OCNCc1ccc(-c2cncc(Br)c2)cc1. The molecule has 0 radical (unpaired) electrons. The van der Waals surface area contributed by atoms with Crippen molar-refractivity contribution in [2.24, 2.45) is 0 Å². The van der Waals surface area contributed by atoms with Crippen molar-refractivity contribution in [3.63, 3.8) is 0 Å². The van der Waals surface area contributed by atoms with E-state index in [2.05, 4.69) is 26.2 Å². The number of nitrogens with zero attached hydrogens (tertiary/aromatic N) is 1. The van der Waals surface area contributed by atoms with Gasteiger partial charge in [-0.3, -0.25) is 15.1 Å². The van der Waals surface area contributed by atoms with Crippen LogP contribution in [0.2, 0.25) is 0 Å². The van der Waals surface area contributed by atoms with Crippen molar-refractivity contribution in [2.45, 2.75) is 13.5 Å². The topological polar surface area (TPSA) is 51.2 Å². The van der Waals surface area contributed by atoms with Crippen molar-refractivity contribution in [2.75, 3.05) is 6.73 Å². The molecule has 2 rings (SSSR count). The van der Waals surface area contributed by atoms with Crippen LogP contribution in [-0.2, 0) is 16.1 Å². The molecule has 0 aliphatic rings. The summed E-state index contributed by atoms with van der Waals surface area (Å²) in [6.07, 6.45) is 3.59. The van der Waals surface area contributed by atoms with E-state index in [-0.39, 0.29) is 12.7 Å². The van der Waals surface area contributed by atoms with E-state index >= 15 is 0 Å². The number of pyridine rings is 1. The Labute approximate surface area is 126 Å². The lowest BCUT2D eigenvalue weighted by Gasteiger charge is -2.06. The Morgan fingerprint density at radius 3 is 2.65 bits per heavy atom. The minimum atomic E-state index is -0.282. The van der Waals surface area contributed by atoms with E-state index in [4.69, 9.17) is 4.74 Å². The second-order valence-corrected chi connectivity index (χ2v) is 5.21. The molecule has 1 aromatic heterocycles. The minimum Gasteiger partial charge on any atom is -0.450 e. The monoisotopic (exact) mass is 334 g/mol. The normalized spacial score (nSPS) is 10.3. The maximum absolute atomic E-state index is 10.6. The fraction of sp³-hybridized carbons (Fsp3) is 0.200. The summed E-state index contributed by atoms with van der Waals surface area (Å²) in [4.78, 5) is 14.8. The van der Waals surface area contributed by atoms with Gasteiger partial charge in [-0.2, -0.15) is 0 Å². The molecule has 0 amide bonds. The number of halogens is 1. The Morgan fingerprint density at radius 1 is 1.25 bits per heavy atom. The molecule has 2 aromatic rings. The summed E-state index contributed by atoms with van der Waals surface area (Å²) < 4.78 is 5.77. The van der Waals surface area contributed by atoms with Crippen LogP contribution in [-0.4, -0.2) is 17.7 Å². The standard InChI is InChI=1S/C15H15BrN2O2/c1-11(19)20-10-18-7-12-2-4-13(5-3-12)14-6-15(16)9-17-8-14/h2-6,8-9,18H,7,10H2,1H3. The molecule has 5 heteroatoms. The number of nitrogens with one attached hydrogen (secondary N) is 1. The highest BCUT2D eigenvalue weighted by molar-refractivity contribution is 9.10. The quantitative estimate of drug-likeness (QED) is 0.518. The van der Waals surface area contributed by atoms with Crippen molar-refractivity contribution < 1.29 is 9.53 Å². The number of carbonyl (C=O) groups excluding carboxylic acids is 1. The zero-order valence-corrected chi connectivity index (χ0v) is 12.7. The average Bonchev–Trinajstić information content (AvgIpc) is 2.44. The van der Waals surface area contributed by atoms with Crippen LogP contribution in [0.5, 0.6) is 0 Å². The third-order valence-corrected chi connectivity index (χ3v) is 3.13. The first-order valence-electron chi connectivity index (χ1n) is 6.19. The molecule has 1 N–H and O–H groups in total. The summed E-state index contributed by atoms with van der Waals surface area (Å²) in [5.41, 5.74) is 3.31. The molecule has 0 saturated carbocycles. The van der Waals surface area contributed by atoms with Gasteiger partial charge >= 0.3 is 5.97 Å². The third kappa shape index (κ3) is 4.43. The molecule has 0 spiro atoms. The van der Waals surface area contributed by atoms with Crippen LogP contribution in [0, 0.1) is 0 Å². The summed E-state index contributed by atoms with van der Waals surface area (Å²) in [6.45, 7) is 2.28. The van der Waals surface area contributed by atoms with Crippen molar-refractivity contribution in [1.82, 2.24) is 10.3 Å². The highest BCUT2D eigenvalue weighted by atomic mass is 79.9. The second kappa shape index (κ2) is 7.17. The molecule has 1 heterocycles. The first-order valence-corrected chi connectivity index (χ1v) is 6.98. The van der Waals surface area contributed by atoms with Gasteiger partial charge in [-0.05, 0) is 33.1 Å². The van der Waals surface area contributed by atoms with Crippen LogP contribution < -0.4 is 5.32 Å². The number of hydrogen-bond donors (Lipinski definition) is 1. The van der Waals surface area contributed by atoms with Crippen molar-refractivity contribution in [1.29, 1.82) is 0 Å². The number of hydrogen-bond acceptors (Lipinski definition) is 4. The predicted molar refractivity (Wildman–Crippen MR) is 80.8 cm³/mol. The van der Waals surface area contributed by atoms with Crippen LogP contribution in [0.4, 0.5) is 0 Å². The number of aromatic nitrogens is 1. The number of benzene rings is 1. The Kier molecular flexibility index (Phi) is 5.26. The molecule has 1 aromatic carbocycles. The minimum absolute atomic E-state index is 0.229. The molecule has 0 unspecified atom stereocenters. The number of esters is 1. The van der Waals surface area contributed by atoms with Crippen LogP contribution in [0.15, 0.2) is 47.2 Å². The van der Waals surface area contributed by atoms with Gasteiger partial charge in [-0.1, -0.05) is 24.3 Å². The van der Waals surface area contributed by atoms with Gasteiger partial charge in [0.15, 0.2) is 0 Å². The van der Waals surface area contributed by atoms with Crippen LogP contribution in [0.25, 0.3) is 11.1 Å². The molecule has 0 aliphatic carbocycles. The van der Waals surface area contributed by atoms with Gasteiger partial charge in [-0.15, -0.1) is 0 Å². The lowest BCUT2D eigenvalue weighted by molar-refractivity contribution is -0.141. The van der Waals surface area contributed by atoms with Gasteiger partial charge in [0.2, 0.25) is 0 Å². The Hall–Kier alpha value is -1.72. The largest absolute Gasteiger partial charge is 0.450 e. The summed E-state index contributed by atoms with van der Waals surface area (Å²) >= 11 is 3.41. The van der Waals surface area contributed by atoms with Gasteiger partial charge in [0, 0.05) is 35.9 Å². The summed E-state index contributed by atoms with van der Waals surface area (Å²) in [6, 6.07) is 10.2. The number of carbonyl (C=O) groups is 1. The van der Waals surface area contributed by atoms with Crippen LogP contribution in [0.3, 0.4) is 0 Å². The Balaban J connectivity index is 1.94. The van der Waals surface area contributed by atoms with E-state index in [1.54, 1.807) is 6.20 Å². The molecule has 4 nitrogen and oxygen atoms in total. The average molecular weight is 335 g/mol. The lowest BCUT2D eigenvalue weighted by Crippen LogP contribution is -2.19. The first kappa shape index (κ1) is 14.7. The van der Waals surface area contributed by atoms with Gasteiger partial charge in [0.25, 0.3) is 0 Å². The van der Waals surface area contributed by atoms with E-state index in [0.29, 0.717) is 6.54 Å². The van der Waals surface area contributed by atoms with Crippen molar-refractivity contribution in [3.05, 3.63) is 52.8 Å². The lowest BCUT2D eigenvalue weighted by atomic mass is 10.1. The fourth-order valence-electron chi connectivity index (χ4n) is 1.73. The highest BCUT2D eigenvalue weighted by Gasteiger charge is 2.00. The maximum Gasteiger partial charge on any atom is 0.303 e. The van der Waals surface area contributed by atoms with Crippen LogP contribution in [0.1, 0.15) is 12.5 Å². The molecular weight excluding hydrogens is 320 g/mol. The molecule has 0 bridgehead atoms. The Bertz CT molecular complexity index is 585. The smallest absolute Gasteiger partial charge is 0.303 e. The summed E-state index contributed by atoms with van der Waals surface area (Å²) in [7, 11) is 0. The molecule has 0 saturated heterocycles. The molecule has 20 heavy (non-hydrogen) atoms. The summed E-state index contributed by atoms with van der Waals surface area (Å²) in [5, 5.41) is 3.04. The van der Waals surface area contributed by atoms with E-state index in [1.807, 2.05) is 36.5 Å². The Morgan fingerprint density at radius 2 is 2.00 bits per heavy atom.